The maximum Gasteiger partial charge on any atom is 0.356 e. The summed E-state index contributed by atoms with van der Waals surface area (Å²) in [6, 6.07) is 11.7. The third kappa shape index (κ3) is 4.29. The van der Waals surface area contributed by atoms with Gasteiger partial charge in [-0.1, -0.05) is 12.1 Å². The van der Waals surface area contributed by atoms with Crippen LogP contribution in [0.5, 0.6) is 11.5 Å². The molecule has 188 valence electrons. The maximum atomic E-state index is 13.5. The van der Waals surface area contributed by atoms with E-state index in [9.17, 15) is 32.8 Å². The van der Waals surface area contributed by atoms with Crippen molar-refractivity contribution >= 4 is 34.9 Å². The van der Waals surface area contributed by atoms with Crippen molar-refractivity contribution in [3.8, 4) is 11.5 Å². The number of primary sulfonamides is 1. The fourth-order valence-electron chi connectivity index (χ4n) is 3.99. The van der Waals surface area contributed by atoms with Gasteiger partial charge in [-0.15, -0.1) is 0 Å². The van der Waals surface area contributed by atoms with E-state index in [1.807, 2.05) is 0 Å². The second-order valence-corrected chi connectivity index (χ2v) is 11.7. The highest BCUT2D eigenvalue weighted by atomic mass is 32.2. The highest BCUT2D eigenvalue weighted by Crippen LogP contribution is 2.60. The molecule has 0 fully saturated rings. The number of sulfonamides is 1. The number of aromatic hydroxyl groups is 2. The Bertz CT molecular complexity index is 1540. The number of carbonyl (C=O) groups is 2. The summed E-state index contributed by atoms with van der Waals surface area (Å²) >= 11 is 0. The van der Waals surface area contributed by atoms with Crippen LogP contribution in [0.25, 0.3) is 0 Å². The van der Waals surface area contributed by atoms with E-state index in [0.717, 1.165) is 20.3 Å². The number of carbonyl (C=O) groups excluding carboxylic acids is 2. The Labute approximate surface area is 206 Å². The zero-order chi connectivity index (χ0) is 26.4. The molecule has 0 heterocycles. The zero-order valence-electron chi connectivity index (χ0n) is 19.0. The lowest BCUT2D eigenvalue weighted by molar-refractivity contribution is 0.0974. The maximum absolute atomic E-state index is 13.5. The average Bonchev–Trinajstić information content (AvgIpc) is 2.84. The van der Waals surface area contributed by atoms with E-state index < -0.39 is 46.5 Å². The molecule has 0 amide bonds. The number of ketones is 2. The quantitative estimate of drug-likeness (QED) is 0.258. The Morgan fingerprint density at radius 1 is 0.889 bits per heavy atom. The molecule has 0 radical (unpaired) electrons. The van der Waals surface area contributed by atoms with Crippen LogP contribution in [0.1, 0.15) is 43.2 Å². The number of rotatable bonds is 7. The summed E-state index contributed by atoms with van der Waals surface area (Å²) in [6.07, 6.45) is 0. The van der Waals surface area contributed by atoms with Crippen molar-refractivity contribution in [2.24, 2.45) is 5.14 Å². The molecular formula is C23H21N2O9PS. The lowest BCUT2D eigenvalue weighted by atomic mass is 9.82. The van der Waals surface area contributed by atoms with Crippen molar-refractivity contribution < 1.29 is 41.8 Å². The highest BCUT2D eigenvalue weighted by Gasteiger charge is 2.40. The standard InChI is InChI=1S/C23H21N2O9PS/c1-33-35(30,34-2)23(25-13-6-8-14(9-7-13)36(24,31)32)12-10-16-20(18(27)11-12)22(29)19-15(21(16)28)4-3-5-17(19)26/h3-11,23,25-27H,1-2H3,(H2,24,31,32). The van der Waals surface area contributed by atoms with Gasteiger partial charge in [-0.2, -0.15) is 0 Å². The van der Waals surface area contributed by atoms with E-state index in [0.29, 0.717) is 0 Å². The monoisotopic (exact) mass is 532 g/mol. The van der Waals surface area contributed by atoms with Crippen LogP contribution in [0.4, 0.5) is 5.69 Å². The van der Waals surface area contributed by atoms with E-state index in [1.54, 1.807) is 0 Å². The molecule has 1 aliphatic carbocycles. The van der Waals surface area contributed by atoms with Gasteiger partial charge in [-0.3, -0.25) is 14.2 Å². The van der Waals surface area contributed by atoms with E-state index in [1.165, 1.54) is 48.5 Å². The molecule has 13 heteroatoms. The van der Waals surface area contributed by atoms with Gasteiger partial charge >= 0.3 is 7.60 Å². The normalized spacial score (nSPS) is 14.2. The number of phenols is 2. The molecule has 3 aromatic carbocycles. The number of anilines is 1. The first-order valence-electron chi connectivity index (χ1n) is 10.3. The molecule has 3 aromatic rings. The average molecular weight is 532 g/mol. The fourth-order valence-corrected chi connectivity index (χ4v) is 5.90. The minimum absolute atomic E-state index is 0.0474. The van der Waals surface area contributed by atoms with Crippen molar-refractivity contribution in [3.05, 3.63) is 82.4 Å². The third-order valence-corrected chi connectivity index (χ3v) is 8.76. The first kappa shape index (κ1) is 25.5. The number of hydrogen-bond donors (Lipinski definition) is 4. The van der Waals surface area contributed by atoms with Gasteiger partial charge in [-0.05, 0) is 48.0 Å². The first-order valence-corrected chi connectivity index (χ1v) is 13.5. The topological polar surface area (TPSA) is 182 Å². The summed E-state index contributed by atoms with van der Waals surface area (Å²) < 4.78 is 46.9. The lowest BCUT2D eigenvalue weighted by Crippen LogP contribution is -2.22. The SMILES string of the molecule is COP(=O)(OC)C(Nc1ccc(S(N)(=O)=O)cc1)c1cc(O)c2c(c1)C(=O)c1cccc(O)c1C2=O. The number of hydrogen-bond acceptors (Lipinski definition) is 10. The van der Waals surface area contributed by atoms with Crippen molar-refractivity contribution in [1.29, 1.82) is 0 Å². The molecule has 36 heavy (non-hydrogen) atoms. The summed E-state index contributed by atoms with van der Waals surface area (Å²) in [5.74, 6) is -3.65. The largest absolute Gasteiger partial charge is 0.507 e. The van der Waals surface area contributed by atoms with Crippen molar-refractivity contribution in [2.75, 3.05) is 19.5 Å². The smallest absolute Gasteiger partial charge is 0.356 e. The number of phenolic OH excluding ortho intramolecular Hbond substituents is 2. The minimum Gasteiger partial charge on any atom is -0.507 e. The van der Waals surface area contributed by atoms with Crippen LogP contribution in [-0.4, -0.2) is 44.4 Å². The lowest BCUT2D eigenvalue weighted by Gasteiger charge is -2.28. The van der Waals surface area contributed by atoms with Crippen LogP contribution in [0.3, 0.4) is 0 Å². The van der Waals surface area contributed by atoms with Gasteiger partial charge in [0, 0.05) is 31.0 Å². The second kappa shape index (κ2) is 9.16. The van der Waals surface area contributed by atoms with Crippen LogP contribution in [0.2, 0.25) is 0 Å². The Morgan fingerprint density at radius 3 is 2.08 bits per heavy atom. The van der Waals surface area contributed by atoms with Crippen molar-refractivity contribution in [1.82, 2.24) is 0 Å². The summed E-state index contributed by atoms with van der Waals surface area (Å²) in [4.78, 5) is 26.1. The van der Waals surface area contributed by atoms with Crippen molar-refractivity contribution in [3.63, 3.8) is 0 Å². The Kier molecular flexibility index (Phi) is 6.50. The highest BCUT2D eigenvalue weighted by molar-refractivity contribution is 7.89. The van der Waals surface area contributed by atoms with E-state index >= 15 is 0 Å². The first-order chi connectivity index (χ1) is 16.9. The molecule has 0 aromatic heterocycles. The molecule has 5 N–H and O–H groups in total. The van der Waals surface area contributed by atoms with Gasteiger partial charge in [0.15, 0.2) is 11.6 Å². The molecule has 11 nitrogen and oxygen atoms in total. The number of nitrogens with one attached hydrogen (secondary N) is 1. The van der Waals surface area contributed by atoms with Gasteiger partial charge in [0.1, 0.15) is 11.5 Å². The predicted molar refractivity (Wildman–Crippen MR) is 129 cm³/mol. The Hall–Kier alpha value is -3.54. The van der Waals surface area contributed by atoms with E-state index in [2.05, 4.69) is 5.32 Å². The minimum atomic E-state index is -3.99. The van der Waals surface area contributed by atoms with Gasteiger partial charge in [-0.25, -0.2) is 13.6 Å². The molecule has 0 saturated heterocycles. The molecule has 0 aliphatic heterocycles. The summed E-state index contributed by atoms with van der Waals surface area (Å²) in [5, 5.41) is 28.9. The van der Waals surface area contributed by atoms with Gasteiger partial charge in [0.05, 0.1) is 16.0 Å². The zero-order valence-corrected chi connectivity index (χ0v) is 20.7. The Balaban J connectivity index is 1.85. The van der Waals surface area contributed by atoms with Gasteiger partial charge in [0.2, 0.25) is 15.8 Å². The Morgan fingerprint density at radius 2 is 1.50 bits per heavy atom. The number of nitrogens with two attached hydrogens (primary N) is 1. The van der Waals surface area contributed by atoms with Crippen molar-refractivity contribution in [2.45, 2.75) is 10.7 Å². The summed E-state index contributed by atoms with van der Waals surface area (Å²) in [6.45, 7) is 0. The second-order valence-electron chi connectivity index (χ2n) is 7.84. The molecule has 0 saturated carbocycles. The van der Waals surface area contributed by atoms with E-state index in [4.69, 9.17) is 14.2 Å². The molecule has 1 atom stereocenters. The van der Waals surface area contributed by atoms with Crippen LogP contribution in [0.15, 0.2) is 59.5 Å². The molecule has 1 aliphatic rings. The fraction of sp³-hybridized carbons (Fsp3) is 0.130. The molecule has 0 bridgehead atoms. The van der Waals surface area contributed by atoms with Gasteiger partial charge in [0.25, 0.3) is 0 Å². The van der Waals surface area contributed by atoms with E-state index in [-0.39, 0.29) is 38.4 Å². The van der Waals surface area contributed by atoms with Crippen LogP contribution in [0, 0.1) is 0 Å². The molecule has 1 unspecified atom stereocenters. The summed E-state index contributed by atoms with van der Waals surface area (Å²) in [7, 11) is -5.64. The molecule has 0 spiro atoms. The van der Waals surface area contributed by atoms with Gasteiger partial charge < -0.3 is 24.6 Å². The van der Waals surface area contributed by atoms with Crippen LogP contribution in [-0.2, 0) is 23.6 Å². The predicted octanol–water partition coefficient (Wildman–Crippen LogP) is 3.12. The van der Waals surface area contributed by atoms with Crippen LogP contribution >= 0.6 is 7.60 Å². The number of fused-ring (bicyclic) bond motifs is 2. The third-order valence-electron chi connectivity index (χ3n) is 5.75. The molecule has 4 rings (SSSR count). The number of benzene rings is 3. The molecular weight excluding hydrogens is 511 g/mol. The summed E-state index contributed by atoms with van der Waals surface area (Å²) in [5.41, 5.74) is -0.368. The van der Waals surface area contributed by atoms with Crippen LogP contribution < -0.4 is 10.5 Å².